The fourth-order valence-electron chi connectivity index (χ4n) is 4.41. The average molecular weight is 441 g/mol. The molecule has 0 spiro atoms. The maximum Gasteiger partial charge on any atom is 0.251 e. The average Bonchev–Trinajstić information content (AvgIpc) is 2.82. The first-order valence-electron chi connectivity index (χ1n) is 11.3. The van der Waals surface area contributed by atoms with E-state index in [4.69, 9.17) is 4.74 Å². The van der Waals surface area contributed by atoms with Crippen LogP contribution >= 0.6 is 0 Å². The topological polar surface area (TPSA) is 103 Å². The van der Waals surface area contributed by atoms with E-state index in [2.05, 4.69) is 28.1 Å². The van der Waals surface area contributed by atoms with E-state index >= 15 is 0 Å². The number of nitrogens with one attached hydrogen (secondary N) is 3. The Hall–Kier alpha value is -2.84. The van der Waals surface area contributed by atoms with Crippen LogP contribution in [0, 0.1) is 0 Å². The highest BCUT2D eigenvalue weighted by Crippen LogP contribution is 2.19. The lowest BCUT2D eigenvalue weighted by Gasteiger charge is -2.32. The Morgan fingerprint density at radius 3 is 2.75 bits per heavy atom. The molecule has 3 heterocycles. The van der Waals surface area contributed by atoms with E-state index in [9.17, 15) is 14.7 Å². The number of amides is 2. The Balaban J connectivity index is 1.25. The van der Waals surface area contributed by atoms with Gasteiger partial charge in [-0.25, -0.2) is 0 Å². The number of rotatable bonds is 6. The third-order valence-corrected chi connectivity index (χ3v) is 6.38. The summed E-state index contributed by atoms with van der Waals surface area (Å²) in [4.78, 5) is 25.9. The predicted octanol–water partition coefficient (Wildman–Crippen LogP) is 0.577. The number of benzene rings is 1. The van der Waals surface area contributed by atoms with E-state index in [1.165, 1.54) is 11.1 Å². The molecule has 0 bridgehead atoms. The minimum Gasteiger partial charge on any atom is -0.476 e. The van der Waals surface area contributed by atoms with Gasteiger partial charge in [-0.05, 0) is 17.5 Å². The van der Waals surface area contributed by atoms with Gasteiger partial charge in [0.05, 0.1) is 6.10 Å². The van der Waals surface area contributed by atoms with E-state index in [0.29, 0.717) is 31.1 Å². The largest absolute Gasteiger partial charge is 0.476 e. The molecule has 2 amide bonds. The second kappa shape index (κ2) is 10.2. The van der Waals surface area contributed by atoms with Gasteiger partial charge in [0.1, 0.15) is 6.10 Å². The molecule has 0 radical (unpaired) electrons. The SMILES string of the molecule is CC(=O)N1CCC(OC2=CC(C(=O)NC[C@@H](O)[C@@H]3Cc4ccccc4CN3)=CCN2)CC1. The molecule has 32 heavy (non-hydrogen) atoms. The summed E-state index contributed by atoms with van der Waals surface area (Å²) in [5.74, 6) is 0.439. The molecule has 3 aliphatic heterocycles. The number of dihydropyridines is 1. The zero-order chi connectivity index (χ0) is 22.5. The van der Waals surface area contributed by atoms with Crippen LogP contribution in [0.15, 0.2) is 47.9 Å². The molecule has 1 aromatic rings. The number of carbonyl (C=O) groups excluding carboxylic acids is 2. The second-order valence-corrected chi connectivity index (χ2v) is 8.61. The van der Waals surface area contributed by atoms with Crippen LogP contribution < -0.4 is 16.0 Å². The van der Waals surface area contributed by atoms with Gasteiger partial charge in [0.15, 0.2) is 5.88 Å². The Bertz CT molecular complexity index is 905. The highest BCUT2D eigenvalue weighted by atomic mass is 16.5. The lowest BCUT2D eigenvalue weighted by molar-refractivity contribution is -0.131. The van der Waals surface area contributed by atoms with Gasteiger partial charge >= 0.3 is 0 Å². The number of carbonyl (C=O) groups is 2. The number of nitrogens with zero attached hydrogens (tertiary/aromatic N) is 1. The molecule has 1 saturated heterocycles. The number of aliphatic hydroxyl groups excluding tert-OH is 1. The number of fused-ring (bicyclic) bond motifs is 1. The molecule has 0 saturated carbocycles. The molecule has 2 atom stereocenters. The van der Waals surface area contributed by atoms with Crippen LogP contribution in [0.2, 0.25) is 0 Å². The van der Waals surface area contributed by atoms with E-state index in [1.54, 1.807) is 13.0 Å². The normalized spacial score (nSPS) is 22.1. The van der Waals surface area contributed by atoms with Gasteiger partial charge in [0.2, 0.25) is 5.91 Å². The number of hydrogen-bond acceptors (Lipinski definition) is 6. The van der Waals surface area contributed by atoms with Crippen LogP contribution in [0.25, 0.3) is 0 Å². The van der Waals surface area contributed by atoms with Gasteiger partial charge in [-0.3, -0.25) is 9.59 Å². The van der Waals surface area contributed by atoms with Crippen molar-refractivity contribution in [1.29, 1.82) is 0 Å². The predicted molar refractivity (Wildman–Crippen MR) is 120 cm³/mol. The van der Waals surface area contributed by atoms with Crippen LogP contribution in [0.5, 0.6) is 0 Å². The van der Waals surface area contributed by atoms with Crippen molar-refractivity contribution >= 4 is 11.8 Å². The number of aliphatic hydroxyl groups is 1. The van der Waals surface area contributed by atoms with E-state index in [-0.39, 0.29) is 30.5 Å². The molecule has 4 N–H and O–H groups in total. The summed E-state index contributed by atoms with van der Waals surface area (Å²) in [6.45, 7) is 4.36. The second-order valence-electron chi connectivity index (χ2n) is 8.61. The summed E-state index contributed by atoms with van der Waals surface area (Å²) in [6.07, 6.45) is 5.13. The summed E-state index contributed by atoms with van der Waals surface area (Å²) in [6, 6.07) is 8.12. The zero-order valence-corrected chi connectivity index (χ0v) is 18.5. The summed E-state index contributed by atoms with van der Waals surface area (Å²) >= 11 is 0. The number of hydrogen-bond donors (Lipinski definition) is 4. The highest BCUT2D eigenvalue weighted by molar-refractivity contribution is 5.96. The number of ether oxygens (including phenoxy) is 1. The lowest BCUT2D eigenvalue weighted by Crippen LogP contribution is -2.49. The minimum absolute atomic E-state index is 0.0221. The molecule has 0 aliphatic carbocycles. The van der Waals surface area contributed by atoms with Crippen molar-refractivity contribution in [3.63, 3.8) is 0 Å². The molecule has 1 aromatic carbocycles. The van der Waals surface area contributed by atoms with Crippen LogP contribution in [0.4, 0.5) is 0 Å². The first-order chi connectivity index (χ1) is 15.5. The molecule has 0 unspecified atom stereocenters. The number of piperidine rings is 1. The van der Waals surface area contributed by atoms with Crippen LogP contribution in [-0.4, -0.2) is 66.2 Å². The van der Waals surface area contributed by atoms with Crippen molar-refractivity contribution in [2.75, 3.05) is 26.2 Å². The zero-order valence-electron chi connectivity index (χ0n) is 18.5. The monoisotopic (exact) mass is 440 g/mol. The van der Waals surface area contributed by atoms with Gasteiger partial charge in [0, 0.05) is 70.2 Å². The number of likely N-dealkylation sites (tertiary alicyclic amines) is 1. The first kappa shape index (κ1) is 22.4. The van der Waals surface area contributed by atoms with Crippen molar-refractivity contribution in [3.05, 3.63) is 59.0 Å². The summed E-state index contributed by atoms with van der Waals surface area (Å²) in [5, 5.41) is 20.0. The minimum atomic E-state index is -0.680. The van der Waals surface area contributed by atoms with Gasteiger partial charge in [-0.2, -0.15) is 0 Å². The van der Waals surface area contributed by atoms with Gasteiger partial charge in [-0.1, -0.05) is 30.3 Å². The molecule has 172 valence electrons. The quantitative estimate of drug-likeness (QED) is 0.516. The molecular weight excluding hydrogens is 408 g/mol. The van der Waals surface area contributed by atoms with E-state index < -0.39 is 6.10 Å². The Labute approximate surface area is 188 Å². The van der Waals surface area contributed by atoms with Gasteiger partial charge < -0.3 is 30.7 Å². The molecule has 1 fully saturated rings. The Kier molecular flexibility index (Phi) is 7.12. The molecule has 8 heteroatoms. The van der Waals surface area contributed by atoms with Crippen LogP contribution in [0.1, 0.15) is 30.9 Å². The van der Waals surface area contributed by atoms with Crippen molar-refractivity contribution < 1.29 is 19.4 Å². The molecule has 8 nitrogen and oxygen atoms in total. The maximum absolute atomic E-state index is 12.7. The van der Waals surface area contributed by atoms with Gasteiger partial charge in [-0.15, -0.1) is 0 Å². The molecule has 3 aliphatic rings. The lowest BCUT2D eigenvalue weighted by atomic mass is 9.93. The first-order valence-corrected chi connectivity index (χ1v) is 11.3. The Morgan fingerprint density at radius 1 is 1.25 bits per heavy atom. The van der Waals surface area contributed by atoms with Crippen molar-refractivity contribution in [2.24, 2.45) is 0 Å². The van der Waals surface area contributed by atoms with Crippen molar-refractivity contribution in [3.8, 4) is 0 Å². The fourth-order valence-corrected chi connectivity index (χ4v) is 4.41. The molecule has 0 aromatic heterocycles. The highest BCUT2D eigenvalue weighted by Gasteiger charge is 2.26. The van der Waals surface area contributed by atoms with Crippen LogP contribution in [0.3, 0.4) is 0 Å². The van der Waals surface area contributed by atoms with Crippen molar-refractivity contribution in [1.82, 2.24) is 20.9 Å². The van der Waals surface area contributed by atoms with Crippen molar-refractivity contribution in [2.45, 2.75) is 51.0 Å². The third-order valence-electron chi connectivity index (χ3n) is 6.38. The maximum atomic E-state index is 12.7. The van der Waals surface area contributed by atoms with Gasteiger partial charge in [0.25, 0.3) is 5.91 Å². The molecule has 4 rings (SSSR count). The smallest absolute Gasteiger partial charge is 0.251 e. The third kappa shape index (κ3) is 5.49. The van der Waals surface area contributed by atoms with Crippen LogP contribution in [-0.2, 0) is 27.3 Å². The van der Waals surface area contributed by atoms with E-state index in [1.807, 2.05) is 23.1 Å². The van der Waals surface area contributed by atoms with E-state index in [0.717, 1.165) is 25.8 Å². The molecular formula is C24H32N4O4. The summed E-state index contributed by atoms with van der Waals surface area (Å²) in [7, 11) is 0. The Morgan fingerprint density at radius 2 is 2.00 bits per heavy atom. The standard InChI is InChI=1S/C24H32N4O4/c1-16(29)28-10-7-20(8-11-28)32-23-13-18(6-9-25-23)24(31)27-15-22(30)21-12-17-4-2-3-5-19(17)14-26-21/h2-6,13,20-22,25-26,30H,7-12,14-15H2,1H3,(H,27,31)/t21-,22+/m0/s1. The summed E-state index contributed by atoms with van der Waals surface area (Å²) < 4.78 is 6.03. The summed E-state index contributed by atoms with van der Waals surface area (Å²) in [5.41, 5.74) is 3.01. The fraction of sp³-hybridized carbons (Fsp3) is 0.500.